The van der Waals surface area contributed by atoms with Crippen molar-refractivity contribution in [2.75, 3.05) is 0 Å². The summed E-state index contributed by atoms with van der Waals surface area (Å²) in [6.45, 7) is 3.80. The first-order chi connectivity index (χ1) is 12.1. The number of hydrazone groups is 1. The summed E-state index contributed by atoms with van der Waals surface area (Å²) >= 11 is 0. The van der Waals surface area contributed by atoms with Crippen molar-refractivity contribution in [2.24, 2.45) is 5.10 Å². The lowest BCUT2D eigenvalue weighted by Gasteiger charge is -2.17. The van der Waals surface area contributed by atoms with Crippen LogP contribution < -0.4 is 10.7 Å². The maximum absolute atomic E-state index is 12.5. The summed E-state index contributed by atoms with van der Waals surface area (Å²) in [5.41, 5.74) is 4.85. The SMILES string of the molecule is CC/C(C)=N/NC(=O)C(Cc1ccccc1)NC(=O)c1ccccc1. The Hall–Kier alpha value is -2.95. The van der Waals surface area contributed by atoms with Crippen molar-refractivity contribution < 1.29 is 9.59 Å². The number of nitrogens with zero attached hydrogens (tertiary/aromatic N) is 1. The summed E-state index contributed by atoms with van der Waals surface area (Å²) in [6.07, 6.45) is 1.14. The Morgan fingerprint density at radius 1 is 1.00 bits per heavy atom. The van der Waals surface area contributed by atoms with Gasteiger partial charge in [0.2, 0.25) is 0 Å². The van der Waals surface area contributed by atoms with Crippen LogP contribution in [-0.2, 0) is 11.2 Å². The van der Waals surface area contributed by atoms with Crippen LogP contribution in [0.25, 0.3) is 0 Å². The number of nitrogens with one attached hydrogen (secondary N) is 2. The Balaban J connectivity index is 2.13. The smallest absolute Gasteiger partial charge is 0.262 e. The van der Waals surface area contributed by atoms with E-state index in [4.69, 9.17) is 0 Å². The van der Waals surface area contributed by atoms with E-state index in [0.29, 0.717) is 12.0 Å². The van der Waals surface area contributed by atoms with Crippen LogP contribution in [0.3, 0.4) is 0 Å². The summed E-state index contributed by atoms with van der Waals surface area (Å²) < 4.78 is 0. The van der Waals surface area contributed by atoms with Crippen molar-refractivity contribution in [1.82, 2.24) is 10.7 Å². The van der Waals surface area contributed by atoms with E-state index < -0.39 is 6.04 Å². The fraction of sp³-hybridized carbons (Fsp3) is 0.250. The van der Waals surface area contributed by atoms with E-state index in [0.717, 1.165) is 17.7 Å². The Morgan fingerprint density at radius 2 is 1.60 bits per heavy atom. The van der Waals surface area contributed by atoms with Gasteiger partial charge in [-0.2, -0.15) is 5.10 Å². The molecule has 0 heterocycles. The third kappa shape index (κ3) is 5.88. The summed E-state index contributed by atoms with van der Waals surface area (Å²) in [7, 11) is 0. The van der Waals surface area contributed by atoms with Crippen LogP contribution in [-0.4, -0.2) is 23.6 Å². The average molecular weight is 337 g/mol. The lowest BCUT2D eigenvalue weighted by atomic mass is 10.0. The zero-order valence-electron chi connectivity index (χ0n) is 14.5. The second-order valence-electron chi connectivity index (χ2n) is 5.76. The third-order valence-electron chi connectivity index (χ3n) is 3.81. The van der Waals surface area contributed by atoms with Crippen molar-refractivity contribution >= 4 is 17.5 Å². The number of hydrogen-bond donors (Lipinski definition) is 2. The number of amides is 2. The number of carbonyl (C=O) groups is 2. The fourth-order valence-electron chi connectivity index (χ4n) is 2.20. The molecular formula is C20H23N3O2. The Bertz CT molecular complexity index is 727. The van der Waals surface area contributed by atoms with Crippen LogP contribution in [0.4, 0.5) is 0 Å². The summed E-state index contributed by atoms with van der Waals surface area (Å²) in [4.78, 5) is 24.9. The standard InChI is InChI=1S/C20H23N3O2/c1-3-15(2)22-23-20(25)18(14-16-10-6-4-7-11-16)21-19(24)17-12-8-5-9-13-17/h4-13,18H,3,14H2,1-2H3,(H,21,24)(H,23,25)/b22-15+. The first kappa shape index (κ1) is 18.4. The highest BCUT2D eigenvalue weighted by atomic mass is 16.2. The van der Waals surface area contributed by atoms with E-state index in [1.165, 1.54) is 0 Å². The zero-order valence-corrected chi connectivity index (χ0v) is 14.5. The first-order valence-electron chi connectivity index (χ1n) is 8.33. The Labute approximate surface area is 148 Å². The monoisotopic (exact) mass is 337 g/mol. The van der Waals surface area contributed by atoms with Crippen LogP contribution in [0.1, 0.15) is 36.2 Å². The number of benzene rings is 2. The molecule has 0 aliphatic carbocycles. The molecule has 5 nitrogen and oxygen atoms in total. The molecule has 2 aromatic carbocycles. The van der Waals surface area contributed by atoms with Gasteiger partial charge < -0.3 is 5.32 Å². The first-order valence-corrected chi connectivity index (χ1v) is 8.33. The maximum Gasteiger partial charge on any atom is 0.262 e. The molecule has 2 N–H and O–H groups in total. The molecule has 2 amide bonds. The number of carbonyl (C=O) groups excluding carboxylic acids is 2. The fourth-order valence-corrected chi connectivity index (χ4v) is 2.20. The topological polar surface area (TPSA) is 70.6 Å². The molecule has 130 valence electrons. The highest BCUT2D eigenvalue weighted by Gasteiger charge is 2.21. The lowest BCUT2D eigenvalue weighted by Crippen LogP contribution is -2.47. The molecule has 0 bridgehead atoms. The van der Waals surface area contributed by atoms with Crippen LogP contribution in [0, 0.1) is 0 Å². The van der Waals surface area contributed by atoms with E-state index in [1.54, 1.807) is 24.3 Å². The van der Waals surface area contributed by atoms with Gasteiger partial charge >= 0.3 is 0 Å². The zero-order chi connectivity index (χ0) is 18.1. The van der Waals surface area contributed by atoms with Gasteiger partial charge in [-0.15, -0.1) is 0 Å². The van der Waals surface area contributed by atoms with Crippen LogP contribution in [0.15, 0.2) is 65.8 Å². The quantitative estimate of drug-likeness (QED) is 0.602. The van der Waals surface area contributed by atoms with Crippen molar-refractivity contribution in [3.63, 3.8) is 0 Å². The van der Waals surface area contributed by atoms with Gasteiger partial charge in [0.25, 0.3) is 11.8 Å². The van der Waals surface area contributed by atoms with E-state index in [2.05, 4.69) is 15.8 Å². The van der Waals surface area contributed by atoms with E-state index in [9.17, 15) is 9.59 Å². The molecule has 0 saturated carbocycles. The minimum absolute atomic E-state index is 0.284. The summed E-state index contributed by atoms with van der Waals surface area (Å²) in [5.74, 6) is -0.617. The second-order valence-corrected chi connectivity index (χ2v) is 5.76. The van der Waals surface area contributed by atoms with Gasteiger partial charge in [0.1, 0.15) is 6.04 Å². The normalized spacial score (nSPS) is 12.3. The predicted octanol–water partition coefficient (Wildman–Crippen LogP) is 2.93. The third-order valence-corrected chi connectivity index (χ3v) is 3.81. The molecule has 0 aliphatic rings. The molecule has 0 saturated heterocycles. The maximum atomic E-state index is 12.5. The largest absolute Gasteiger partial charge is 0.340 e. The number of rotatable bonds is 7. The molecule has 5 heteroatoms. The molecule has 0 aromatic heterocycles. The summed E-state index contributed by atoms with van der Waals surface area (Å²) in [5, 5.41) is 6.85. The van der Waals surface area contributed by atoms with Crippen molar-refractivity contribution in [2.45, 2.75) is 32.7 Å². The van der Waals surface area contributed by atoms with Gasteiger partial charge in [0.05, 0.1) is 0 Å². The molecule has 0 spiro atoms. The minimum atomic E-state index is -0.705. The van der Waals surface area contributed by atoms with Crippen LogP contribution >= 0.6 is 0 Å². The van der Waals surface area contributed by atoms with E-state index >= 15 is 0 Å². The molecule has 2 aromatic rings. The summed E-state index contributed by atoms with van der Waals surface area (Å²) in [6, 6.07) is 17.7. The molecule has 1 unspecified atom stereocenters. The van der Waals surface area contributed by atoms with Gasteiger partial charge in [0, 0.05) is 17.7 Å². The van der Waals surface area contributed by atoms with Gasteiger partial charge in [0.15, 0.2) is 0 Å². The van der Waals surface area contributed by atoms with Crippen molar-refractivity contribution in [3.8, 4) is 0 Å². The van der Waals surface area contributed by atoms with Gasteiger partial charge in [-0.25, -0.2) is 5.43 Å². The Morgan fingerprint density at radius 3 is 2.20 bits per heavy atom. The lowest BCUT2D eigenvalue weighted by molar-refractivity contribution is -0.122. The highest BCUT2D eigenvalue weighted by molar-refractivity contribution is 5.97. The van der Waals surface area contributed by atoms with Gasteiger partial charge in [-0.1, -0.05) is 55.5 Å². The van der Waals surface area contributed by atoms with Gasteiger partial charge in [-0.3, -0.25) is 9.59 Å². The predicted molar refractivity (Wildman–Crippen MR) is 99.4 cm³/mol. The van der Waals surface area contributed by atoms with E-state index in [-0.39, 0.29) is 11.8 Å². The molecule has 0 radical (unpaired) electrons. The highest BCUT2D eigenvalue weighted by Crippen LogP contribution is 2.06. The van der Waals surface area contributed by atoms with Crippen LogP contribution in [0.5, 0.6) is 0 Å². The molecular weight excluding hydrogens is 314 g/mol. The van der Waals surface area contributed by atoms with Gasteiger partial charge in [-0.05, 0) is 31.0 Å². The minimum Gasteiger partial charge on any atom is -0.340 e. The van der Waals surface area contributed by atoms with E-state index in [1.807, 2.05) is 50.2 Å². The molecule has 2 rings (SSSR count). The average Bonchev–Trinajstić information content (AvgIpc) is 2.66. The second kappa shape index (κ2) is 9.37. The van der Waals surface area contributed by atoms with Crippen LogP contribution in [0.2, 0.25) is 0 Å². The number of hydrogen-bond acceptors (Lipinski definition) is 3. The molecule has 0 fully saturated rings. The molecule has 25 heavy (non-hydrogen) atoms. The Kier molecular flexibility index (Phi) is 6.89. The molecule has 1 atom stereocenters. The van der Waals surface area contributed by atoms with Crippen molar-refractivity contribution in [1.29, 1.82) is 0 Å². The molecule has 0 aliphatic heterocycles. The van der Waals surface area contributed by atoms with Crippen molar-refractivity contribution in [3.05, 3.63) is 71.8 Å².